The summed E-state index contributed by atoms with van der Waals surface area (Å²) < 4.78 is 1.59. The van der Waals surface area contributed by atoms with Crippen molar-refractivity contribution in [3.8, 4) is 23.0 Å². The first kappa shape index (κ1) is 36.5. The Kier molecular flexibility index (Phi) is 9.88. The van der Waals surface area contributed by atoms with Crippen molar-refractivity contribution in [3.05, 3.63) is 211 Å². The molecule has 1 aromatic heterocycles. The lowest BCUT2D eigenvalue weighted by Gasteiger charge is -2.32. The van der Waals surface area contributed by atoms with Gasteiger partial charge in [0, 0.05) is 35.1 Å². The van der Waals surface area contributed by atoms with E-state index < -0.39 is 10.8 Å². The van der Waals surface area contributed by atoms with E-state index in [1.54, 1.807) is 84.9 Å². The molecular weight excluding hydrogens is 709 g/mol. The van der Waals surface area contributed by atoms with Gasteiger partial charge in [0.25, 0.3) is 0 Å². The smallest absolute Gasteiger partial charge is 0.216 e. The number of thiophene rings is 1. The van der Waals surface area contributed by atoms with Gasteiger partial charge in [0.1, 0.15) is 23.0 Å². The van der Waals surface area contributed by atoms with Crippen LogP contribution in [0.3, 0.4) is 0 Å². The lowest BCUT2D eigenvalue weighted by Crippen LogP contribution is -2.25. The predicted molar refractivity (Wildman–Crippen MR) is 218 cm³/mol. The number of benzene rings is 6. The SMILES string of the molecule is CC(c1ccc(O)cc1)(c1ccc(O)cc1)c1ccc(/[N+]([O-])=C/c2ccc(/C=[N+](/[O-])c3ccc(C(C)(c4ccc(O)cc4)c4ccc(O)cc4)cc3)s2)cc1. The average molecular weight is 747 g/mol. The van der Waals surface area contributed by atoms with Crippen LogP contribution in [-0.4, -0.2) is 42.3 Å². The van der Waals surface area contributed by atoms with E-state index >= 15 is 0 Å². The molecule has 0 spiro atoms. The van der Waals surface area contributed by atoms with Crippen LogP contribution < -0.4 is 0 Å². The molecule has 0 amide bonds. The molecule has 0 aliphatic heterocycles. The largest absolute Gasteiger partial charge is 0.618 e. The second kappa shape index (κ2) is 14.9. The third-order valence-electron chi connectivity index (χ3n) is 10.3. The summed E-state index contributed by atoms with van der Waals surface area (Å²) in [5.41, 5.74) is 5.15. The molecule has 0 aliphatic carbocycles. The lowest BCUT2D eigenvalue weighted by molar-refractivity contribution is -0.354. The molecule has 0 aliphatic rings. The second-order valence-corrected chi connectivity index (χ2v) is 14.8. The van der Waals surface area contributed by atoms with Crippen LogP contribution >= 0.6 is 11.3 Å². The summed E-state index contributed by atoms with van der Waals surface area (Å²) >= 11 is 1.31. The number of aromatic hydroxyl groups is 4. The van der Waals surface area contributed by atoms with Crippen LogP contribution in [0.2, 0.25) is 0 Å². The van der Waals surface area contributed by atoms with E-state index in [-0.39, 0.29) is 23.0 Å². The molecule has 0 fully saturated rings. The molecule has 55 heavy (non-hydrogen) atoms. The summed E-state index contributed by atoms with van der Waals surface area (Å²) in [6.07, 6.45) is 2.96. The van der Waals surface area contributed by atoms with Gasteiger partial charge in [-0.2, -0.15) is 9.48 Å². The molecule has 0 saturated carbocycles. The van der Waals surface area contributed by atoms with E-state index in [1.165, 1.54) is 23.8 Å². The van der Waals surface area contributed by atoms with E-state index in [9.17, 15) is 30.8 Å². The summed E-state index contributed by atoms with van der Waals surface area (Å²) in [6.45, 7) is 4.12. The number of nitrogens with zero attached hydrogens (tertiary/aromatic N) is 2. The molecule has 9 heteroatoms. The number of phenols is 4. The quantitative estimate of drug-likeness (QED) is 0.0362. The fourth-order valence-corrected chi connectivity index (χ4v) is 7.79. The van der Waals surface area contributed by atoms with Crippen LogP contribution in [0.4, 0.5) is 11.4 Å². The highest BCUT2D eigenvalue weighted by atomic mass is 32.1. The zero-order valence-electron chi connectivity index (χ0n) is 30.1. The summed E-state index contributed by atoms with van der Waals surface area (Å²) in [7, 11) is 0. The maximum Gasteiger partial charge on any atom is 0.216 e. The highest BCUT2D eigenvalue weighted by Crippen LogP contribution is 2.42. The van der Waals surface area contributed by atoms with Gasteiger partial charge in [-0.1, -0.05) is 72.8 Å². The molecule has 6 aromatic carbocycles. The Labute approximate surface area is 322 Å². The van der Waals surface area contributed by atoms with Crippen molar-refractivity contribution >= 4 is 35.1 Å². The van der Waals surface area contributed by atoms with E-state index in [0.29, 0.717) is 21.1 Å². The van der Waals surface area contributed by atoms with Crippen LogP contribution in [0.25, 0.3) is 0 Å². The Hall–Kier alpha value is -6.84. The van der Waals surface area contributed by atoms with Gasteiger partial charge in [0.15, 0.2) is 12.4 Å². The first-order valence-electron chi connectivity index (χ1n) is 17.5. The zero-order valence-corrected chi connectivity index (χ0v) is 30.9. The third-order valence-corrected chi connectivity index (χ3v) is 11.3. The van der Waals surface area contributed by atoms with Crippen LogP contribution in [0.15, 0.2) is 158 Å². The number of rotatable bonds is 10. The molecule has 0 saturated heterocycles. The van der Waals surface area contributed by atoms with Gasteiger partial charge in [-0.05, 0) is 108 Å². The van der Waals surface area contributed by atoms with Gasteiger partial charge >= 0.3 is 0 Å². The van der Waals surface area contributed by atoms with Crippen molar-refractivity contribution in [1.29, 1.82) is 0 Å². The number of hydrogen-bond acceptors (Lipinski definition) is 7. The Morgan fingerprint density at radius 3 is 0.836 bits per heavy atom. The molecule has 274 valence electrons. The van der Waals surface area contributed by atoms with Gasteiger partial charge < -0.3 is 30.8 Å². The predicted octanol–water partition coefficient (Wildman–Crippen LogP) is 9.80. The molecule has 0 atom stereocenters. The second-order valence-electron chi connectivity index (χ2n) is 13.7. The Morgan fingerprint density at radius 2 is 0.600 bits per heavy atom. The normalized spacial score (nSPS) is 12.5. The van der Waals surface area contributed by atoms with Crippen LogP contribution in [0.5, 0.6) is 23.0 Å². The minimum Gasteiger partial charge on any atom is -0.618 e. The molecule has 0 bridgehead atoms. The molecule has 1 heterocycles. The van der Waals surface area contributed by atoms with Gasteiger partial charge in [0.2, 0.25) is 11.4 Å². The summed E-state index contributed by atoms with van der Waals surface area (Å²) in [5.74, 6) is 0.645. The van der Waals surface area contributed by atoms with Crippen molar-refractivity contribution in [2.45, 2.75) is 24.7 Å². The average Bonchev–Trinajstić information content (AvgIpc) is 3.64. The van der Waals surface area contributed by atoms with Gasteiger partial charge in [-0.3, -0.25) is 0 Å². The van der Waals surface area contributed by atoms with Crippen LogP contribution in [-0.2, 0) is 10.8 Å². The summed E-state index contributed by atoms with van der Waals surface area (Å²) in [6, 6.07) is 46.3. The first-order valence-corrected chi connectivity index (χ1v) is 18.4. The van der Waals surface area contributed by atoms with E-state index in [0.717, 1.165) is 42.9 Å². The maximum atomic E-state index is 13.3. The Morgan fingerprint density at radius 1 is 0.382 bits per heavy atom. The molecular formula is C46H38N2O6S. The van der Waals surface area contributed by atoms with Crippen molar-refractivity contribution in [2.75, 3.05) is 0 Å². The van der Waals surface area contributed by atoms with Crippen LogP contribution in [0, 0.1) is 10.4 Å². The van der Waals surface area contributed by atoms with Crippen molar-refractivity contribution in [3.63, 3.8) is 0 Å². The highest BCUT2D eigenvalue weighted by molar-refractivity contribution is 7.15. The Balaban J connectivity index is 1.11. The van der Waals surface area contributed by atoms with Crippen LogP contribution in [0.1, 0.15) is 57.0 Å². The minimum atomic E-state index is -0.639. The topological polar surface area (TPSA) is 133 Å². The van der Waals surface area contributed by atoms with Crippen molar-refractivity contribution < 1.29 is 29.9 Å². The maximum absolute atomic E-state index is 13.3. The summed E-state index contributed by atoms with van der Waals surface area (Å²) in [4.78, 5) is 1.34. The molecule has 4 N–H and O–H groups in total. The molecule has 7 rings (SSSR count). The fourth-order valence-electron chi connectivity index (χ4n) is 6.95. The first-order chi connectivity index (χ1) is 26.4. The zero-order chi connectivity index (χ0) is 38.7. The summed E-state index contributed by atoms with van der Waals surface area (Å²) in [5, 5.41) is 66.3. The molecule has 0 unspecified atom stereocenters. The molecule has 8 nitrogen and oxygen atoms in total. The van der Waals surface area contributed by atoms with E-state index in [1.807, 2.05) is 72.8 Å². The highest BCUT2D eigenvalue weighted by Gasteiger charge is 2.33. The van der Waals surface area contributed by atoms with Crippen molar-refractivity contribution in [1.82, 2.24) is 0 Å². The standard InChI is InChI=1S/C46H38N2O6S/c1-45(33-7-19-39(49)20-8-33,34-9-21-40(50)22-10-34)31-3-15-37(16-4-31)47(53)29-43-27-28-44(55-43)30-48(54)38-17-5-32(6-18-38)46(2,35-11-23-41(51)24-12-35)36-13-25-42(52)26-14-36/h3-30,49-52H,1-2H3/b47-29-,48-30+. The molecule has 0 radical (unpaired) electrons. The number of phenolic OH excluding ortho intramolecular Hbond substituents is 4. The van der Waals surface area contributed by atoms with Gasteiger partial charge in [0.05, 0.1) is 9.75 Å². The fraction of sp³-hybridized carbons (Fsp3) is 0.0870. The van der Waals surface area contributed by atoms with Gasteiger partial charge in [-0.15, -0.1) is 11.3 Å². The monoisotopic (exact) mass is 746 g/mol. The van der Waals surface area contributed by atoms with E-state index in [4.69, 9.17) is 0 Å². The molecule has 7 aromatic rings. The van der Waals surface area contributed by atoms with Gasteiger partial charge in [-0.25, -0.2) is 0 Å². The minimum absolute atomic E-state index is 0.161. The Bertz CT molecular complexity index is 2200. The lowest BCUT2D eigenvalue weighted by atomic mass is 9.71. The van der Waals surface area contributed by atoms with E-state index in [2.05, 4.69) is 13.8 Å². The number of hydrogen-bond donors (Lipinski definition) is 4. The third kappa shape index (κ3) is 7.38. The van der Waals surface area contributed by atoms with Crippen molar-refractivity contribution in [2.24, 2.45) is 0 Å².